The van der Waals surface area contributed by atoms with Crippen LogP contribution in [0.3, 0.4) is 0 Å². The molecule has 0 saturated carbocycles. The largest absolute Gasteiger partial charge is 0.368 e. The normalized spacial score (nSPS) is 14.1. The molecule has 4 rings (SSSR count). The monoisotopic (exact) mass is 499 g/mol. The highest BCUT2D eigenvalue weighted by atomic mass is 35.5. The number of halogens is 1. The number of primary amides is 1. The maximum Gasteiger partial charge on any atom is 0.331 e. The number of benzene rings is 2. The van der Waals surface area contributed by atoms with Crippen LogP contribution in [0.1, 0.15) is 25.0 Å². The van der Waals surface area contributed by atoms with Crippen LogP contribution in [-0.2, 0) is 26.9 Å². The predicted octanol–water partition coefficient (Wildman–Crippen LogP) is 3.31. The third kappa shape index (κ3) is 4.22. The van der Waals surface area contributed by atoms with Gasteiger partial charge in [0.15, 0.2) is 0 Å². The van der Waals surface area contributed by atoms with Crippen molar-refractivity contribution in [2.75, 3.05) is 9.80 Å². The number of fused-ring (bicyclic) bond motifs is 1. The van der Waals surface area contributed by atoms with Crippen LogP contribution in [0.15, 0.2) is 66.0 Å². The molecule has 0 unspecified atom stereocenters. The molecule has 1 aromatic heterocycles. The summed E-state index contributed by atoms with van der Waals surface area (Å²) in [6, 6.07) is 14.8. The first-order chi connectivity index (χ1) is 16.0. The van der Waals surface area contributed by atoms with Crippen LogP contribution in [0.25, 0.3) is 0 Å². The number of hydrogen-bond donors (Lipinski definition) is 1. The summed E-state index contributed by atoms with van der Waals surface area (Å²) in [7, 11) is -3.94. The quantitative estimate of drug-likeness (QED) is 0.518. The molecule has 176 valence electrons. The van der Waals surface area contributed by atoms with Gasteiger partial charge in [0.25, 0.3) is 0 Å². The van der Waals surface area contributed by atoms with Crippen molar-refractivity contribution in [3.8, 4) is 0 Å². The molecule has 11 heteroatoms. The Kier molecular flexibility index (Phi) is 6.05. The van der Waals surface area contributed by atoms with E-state index in [1.807, 2.05) is 0 Å². The van der Waals surface area contributed by atoms with Crippen LogP contribution in [-0.4, -0.2) is 35.9 Å². The van der Waals surface area contributed by atoms with Gasteiger partial charge in [-0.2, -0.15) is 0 Å². The summed E-state index contributed by atoms with van der Waals surface area (Å²) >= 11 is 6.32. The summed E-state index contributed by atoms with van der Waals surface area (Å²) in [4.78, 5) is 36.8. The Hall–Kier alpha value is -3.50. The van der Waals surface area contributed by atoms with E-state index in [1.165, 1.54) is 24.9 Å². The molecule has 9 nitrogen and oxygen atoms in total. The number of carbonyl (C=O) groups excluding carboxylic acids is 2. The Balaban J connectivity index is 1.83. The van der Waals surface area contributed by atoms with Crippen LogP contribution < -0.4 is 15.5 Å². The van der Waals surface area contributed by atoms with Crippen molar-refractivity contribution in [1.29, 1.82) is 0 Å². The highest BCUT2D eigenvalue weighted by molar-refractivity contribution is 7.90. The molecule has 2 heterocycles. The summed E-state index contributed by atoms with van der Waals surface area (Å²) in [5.41, 5.74) is 5.52. The molecule has 0 fully saturated rings. The minimum absolute atomic E-state index is 0.0127. The molecule has 0 bridgehead atoms. The van der Waals surface area contributed by atoms with Crippen LogP contribution in [0.5, 0.6) is 0 Å². The fourth-order valence-corrected chi connectivity index (χ4v) is 5.05. The van der Waals surface area contributed by atoms with Crippen LogP contribution in [0.4, 0.5) is 16.3 Å². The van der Waals surface area contributed by atoms with Gasteiger partial charge in [-0.15, -0.1) is 0 Å². The van der Waals surface area contributed by atoms with Gasteiger partial charge in [-0.1, -0.05) is 54.1 Å². The van der Waals surface area contributed by atoms with E-state index in [-0.39, 0.29) is 18.1 Å². The second kappa shape index (κ2) is 8.69. The number of amides is 3. The number of carbonyl (C=O) groups is 2. The van der Waals surface area contributed by atoms with Crippen molar-refractivity contribution < 1.29 is 18.0 Å². The predicted molar refractivity (Wildman–Crippen MR) is 128 cm³/mol. The lowest BCUT2D eigenvalue weighted by molar-refractivity contribution is -0.121. The standard InChI is InChI=1S/C23H22ClN5O4S/c1-23(2,20(25)30)29-19-16(13-28(22(29)31)18-11-7-6-10-17(18)24)12-26-21(27-19)34(32,33)14-15-8-4-3-5-9-15/h3-12H,13-14H2,1-2H3,(H2,25,30). The first-order valence-electron chi connectivity index (χ1n) is 10.3. The average Bonchev–Trinajstić information content (AvgIpc) is 2.79. The van der Waals surface area contributed by atoms with Gasteiger partial charge >= 0.3 is 6.03 Å². The number of nitrogens with zero attached hydrogens (tertiary/aromatic N) is 4. The van der Waals surface area contributed by atoms with Crippen LogP contribution >= 0.6 is 11.6 Å². The topological polar surface area (TPSA) is 127 Å². The number of para-hydroxylation sites is 1. The zero-order valence-electron chi connectivity index (χ0n) is 18.5. The first kappa shape index (κ1) is 23.7. The minimum atomic E-state index is -3.94. The van der Waals surface area contributed by atoms with E-state index in [9.17, 15) is 18.0 Å². The lowest BCUT2D eigenvalue weighted by Crippen LogP contribution is -2.62. The summed E-state index contributed by atoms with van der Waals surface area (Å²) in [5, 5.41) is -0.113. The molecule has 1 aliphatic heterocycles. The fourth-order valence-electron chi connectivity index (χ4n) is 3.62. The summed E-state index contributed by atoms with van der Waals surface area (Å²) in [5.74, 6) is -1.09. The molecule has 2 aromatic carbocycles. The molecule has 2 N–H and O–H groups in total. The van der Waals surface area contributed by atoms with Crippen molar-refractivity contribution in [3.05, 3.63) is 76.9 Å². The minimum Gasteiger partial charge on any atom is -0.368 e. The Labute approximate surface area is 202 Å². The second-order valence-corrected chi connectivity index (χ2v) is 10.6. The number of sulfone groups is 1. The highest BCUT2D eigenvalue weighted by Gasteiger charge is 2.45. The van der Waals surface area contributed by atoms with Gasteiger partial charge in [-0.3, -0.25) is 14.6 Å². The van der Waals surface area contributed by atoms with E-state index in [0.29, 0.717) is 21.8 Å². The molecular weight excluding hydrogens is 478 g/mol. The first-order valence-corrected chi connectivity index (χ1v) is 12.3. The van der Waals surface area contributed by atoms with Crippen molar-refractivity contribution in [2.24, 2.45) is 5.73 Å². The Morgan fingerprint density at radius 1 is 1.12 bits per heavy atom. The number of nitrogens with two attached hydrogens (primary N) is 1. The third-order valence-corrected chi connectivity index (χ3v) is 7.35. The average molecular weight is 500 g/mol. The number of urea groups is 1. The highest BCUT2D eigenvalue weighted by Crippen LogP contribution is 2.37. The van der Waals surface area contributed by atoms with Crippen molar-refractivity contribution in [2.45, 2.75) is 36.8 Å². The third-order valence-electron chi connectivity index (χ3n) is 5.56. The Morgan fingerprint density at radius 3 is 2.41 bits per heavy atom. The molecule has 0 atom stereocenters. The molecule has 0 saturated heterocycles. The van der Waals surface area contributed by atoms with Gasteiger partial charge in [0.2, 0.25) is 20.9 Å². The van der Waals surface area contributed by atoms with Crippen molar-refractivity contribution >= 4 is 44.9 Å². The van der Waals surface area contributed by atoms with E-state index < -0.39 is 32.5 Å². The molecule has 0 aliphatic carbocycles. The van der Waals surface area contributed by atoms with Crippen LogP contribution in [0, 0.1) is 0 Å². The molecule has 1 aliphatic rings. The number of rotatable bonds is 6. The van der Waals surface area contributed by atoms with Gasteiger partial charge in [-0.05, 0) is 31.5 Å². The van der Waals surface area contributed by atoms with Gasteiger partial charge in [0.1, 0.15) is 11.4 Å². The Morgan fingerprint density at radius 2 is 1.76 bits per heavy atom. The lowest BCUT2D eigenvalue weighted by Gasteiger charge is -2.43. The second-order valence-electron chi connectivity index (χ2n) is 8.32. The number of aromatic nitrogens is 2. The van der Waals surface area contributed by atoms with Crippen molar-refractivity contribution in [3.63, 3.8) is 0 Å². The maximum absolute atomic E-state index is 13.6. The molecule has 0 spiro atoms. The van der Waals surface area contributed by atoms with E-state index in [4.69, 9.17) is 17.3 Å². The van der Waals surface area contributed by atoms with Crippen LogP contribution in [0.2, 0.25) is 5.02 Å². The van der Waals surface area contributed by atoms with Gasteiger partial charge in [0, 0.05) is 11.8 Å². The summed E-state index contributed by atoms with van der Waals surface area (Å²) in [6.45, 7) is 2.96. The van der Waals surface area contributed by atoms with E-state index in [2.05, 4.69) is 9.97 Å². The molecule has 0 radical (unpaired) electrons. The van der Waals surface area contributed by atoms with Gasteiger partial charge < -0.3 is 5.73 Å². The van der Waals surface area contributed by atoms with E-state index in [0.717, 1.165) is 4.90 Å². The number of hydrogen-bond acceptors (Lipinski definition) is 6. The van der Waals surface area contributed by atoms with Gasteiger partial charge in [0.05, 0.1) is 23.0 Å². The molecule has 3 aromatic rings. The lowest BCUT2D eigenvalue weighted by atomic mass is 10.00. The summed E-state index contributed by atoms with van der Waals surface area (Å²) < 4.78 is 26.1. The maximum atomic E-state index is 13.6. The summed E-state index contributed by atoms with van der Waals surface area (Å²) in [6.07, 6.45) is 1.35. The zero-order chi connectivity index (χ0) is 24.7. The van der Waals surface area contributed by atoms with Gasteiger partial charge in [-0.25, -0.2) is 23.2 Å². The zero-order valence-corrected chi connectivity index (χ0v) is 20.0. The molecule has 34 heavy (non-hydrogen) atoms. The van der Waals surface area contributed by atoms with E-state index >= 15 is 0 Å². The molecule has 3 amide bonds. The SMILES string of the molecule is CC(C)(C(N)=O)N1C(=O)N(c2ccccc2Cl)Cc2cnc(S(=O)(=O)Cc3ccccc3)nc21. The molecular formula is C23H22ClN5O4S. The Bertz CT molecular complexity index is 1380. The smallest absolute Gasteiger partial charge is 0.331 e. The van der Waals surface area contributed by atoms with E-state index in [1.54, 1.807) is 54.6 Å². The fraction of sp³-hybridized carbons (Fsp3) is 0.217. The van der Waals surface area contributed by atoms with Crippen molar-refractivity contribution in [1.82, 2.24) is 9.97 Å². The number of anilines is 2.